The summed E-state index contributed by atoms with van der Waals surface area (Å²) in [5, 5.41) is 9.05. The maximum Gasteiger partial charge on any atom is 0.150 e. The number of hydrogen-bond donors (Lipinski definition) is 0. The third-order valence-corrected chi connectivity index (χ3v) is 3.29. The first-order chi connectivity index (χ1) is 9.26. The van der Waals surface area contributed by atoms with Crippen LogP contribution in [0.2, 0.25) is 0 Å². The van der Waals surface area contributed by atoms with E-state index in [4.69, 9.17) is 10.00 Å². The minimum atomic E-state index is 0.346. The van der Waals surface area contributed by atoms with Gasteiger partial charge in [0.15, 0.2) is 0 Å². The first kappa shape index (κ1) is 13.2. The summed E-state index contributed by atoms with van der Waals surface area (Å²) in [5.74, 6) is 1.11. The molecule has 2 aromatic rings. The molecular formula is C15H11NO2S. The Morgan fingerprint density at radius 1 is 1.21 bits per heavy atom. The number of nitrogens with zero attached hydrogens (tertiary/aromatic N) is 1. The molecule has 0 aromatic heterocycles. The number of carbonyl (C=O) groups excluding carboxylic acids is 1. The molecule has 0 aliphatic carbocycles. The second kappa shape index (κ2) is 6.07. The number of aldehydes is 1. The standard InChI is InChI=1S/C15H11NO2S/c1-19-14-5-3-13(4-6-14)18-15-7-2-11(10-17)8-12(15)9-16/h2-8,10H,1H3. The Bertz CT molecular complexity index is 630. The van der Waals surface area contributed by atoms with Crippen molar-refractivity contribution in [1.29, 1.82) is 5.26 Å². The number of benzene rings is 2. The lowest BCUT2D eigenvalue weighted by Crippen LogP contribution is -1.90. The molecule has 0 saturated carbocycles. The van der Waals surface area contributed by atoms with Crippen LogP contribution in [0.4, 0.5) is 0 Å². The van der Waals surface area contributed by atoms with Gasteiger partial charge in [-0.05, 0) is 48.7 Å². The fourth-order valence-corrected chi connectivity index (χ4v) is 1.98. The lowest BCUT2D eigenvalue weighted by molar-refractivity contribution is 0.112. The summed E-state index contributed by atoms with van der Waals surface area (Å²) >= 11 is 1.65. The summed E-state index contributed by atoms with van der Waals surface area (Å²) in [4.78, 5) is 11.8. The maximum absolute atomic E-state index is 10.7. The van der Waals surface area contributed by atoms with Gasteiger partial charge in [-0.15, -0.1) is 11.8 Å². The Morgan fingerprint density at radius 3 is 2.53 bits per heavy atom. The zero-order valence-electron chi connectivity index (χ0n) is 10.3. The molecule has 19 heavy (non-hydrogen) atoms. The van der Waals surface area contributed by atoms with Gasteiger partial charge in [0.2, 0.25) is 0 Å². The Hall–Kier alpha value is -2.25. The van der Waals surface area contributed by atoms with Crippen molar-refractivity contribution in [2.45, 2.75) is 4.90 Å². The molecule has 0 radical (unpaired) electrons. The molecular weight excluding hydrogens is 258 g/mol. The minimum Gasteiger partial charge on any atom is -0.456 e. The van der Waals surface area contributed by atoms with Crippen molar-refractivity contribution >= 4 is 18.0 Å². The number of rotatable bonds is 4. The lowest BCUT2D eigenvalue weighted by Gasteiger charge is -2.08. The van der Waals surface area contributed by atoms with Crippen LogP contribution in [0, 0.1) is 11.3 Å². The highest BCUT2D eigenvalue weighted by molar-refractivity contribution is 7.98. The molecule has 0 heterocycles. The van der Waals surface area contributed by atoms with E-state index in [-0.39, 0.29) is 0 Å². The van der Waals surface area contributed by atoms with E-state index in [2.05, 4.69) is 0 Å². The SMILES string of the molecule is CSc1ccc(Oc2ccc(C=O)cc2C#N)cc1. The summed E-state index contributed by atoms with van der Waals surface area (Å²) in [6.07, 6.45) is 2.71. The number of hydrogen-bond acceptors (Lipinski definition) is 4. The molecule has 0 atom stereocenters. The summed E-state index contributed by atoms with van der Waals surface area (Å²) in [5.41, 5.74) is 0.806. The number of ether oxygens (including phenoxy) is 1. The van der Waals surface area contributed by atoms with Crippen molar-refractivity contribution in [2.75, 3.05) is 6.26 Å². The van der Waals surface area contributed by atoms with Crippen LogP contribution in [0.15, 0.2) is 47.4 Å². The molecule has 0 aliphatic rings. The maximum atomic E-state index is 10.7. The van der Waals surface area contributed by atoms with E-state index in [1.807, 2.05) is 36.6 Å². The molecule has 0 bridgehead atoms. The van der Waals surface area contributed by atoms with Gasteiger partial charge in [-0.3, -0.25) is 4.79 Å². The molecule has 2 aromatic carbocycles. The quantitative estimate of drug-likeness (QED) is 0.624. The van der Waals surface area contributed by atoms with E-state index >= 15 is 0 Å². The smallest absolute Gasteiger partial charge is 0.150 e. The third-order valence-electron chi connectivity index (χ3n) is 2.55. The Kier molecular flexibility index (Phi) is 4.22. The van der Waals surface area contributed by atoms with Gasteiger partial charge in [0.25, 0.3) is 0 Å². The molecule has 0 N–H and O–H groups in total. The van der Waals surface area contributed by atoms with E-state index in [9.17, 15) is 4.79 Å². The van der Waals surface area contributed by atoms with Crippen molar-refractivity contribution in [2.24, 2.45) is 0 Å². The average molecular weight is 269 g/mol. The van der Waals surface area contributed by atoms with Crippen molar-refractivity contribution in [1.82, 2.24) is 0 Å². The lowest BCUT2D eigenvalue weighted by atomic mass is 10.1. The van der Waals surface area contributed by atoms with E-state index in [1.165, 1.54) is 6.07 Å². The monoisotopic (exact) mass is 269 g/mol. The van der Waals surface area contributed by atoms with Crippen LogP contribution >= 0.6 is 11.8 Å². The molecule has 94 valence electrons. The van der Waals surface area contributed by atoms with Crippen LogP contribution < -0.4 is 4.74 Å². The zero-order valence-corrected chi connectivity index (χ0v) is 11.1. The van der Waals surface area contributed by atoms with Gasteiger partial charge < -0.3 is 4.74 Å². The first-order valence-electron chi connectivity index (χ1n) is 5.58. The Balaban J connectivity index is 2.27. The summed E-state index contributed by atoms with van der Waals surface area (Å²) in [6.45, 7) is 0. The van der Waals surface area contributed by atoms with Gasteiger partial charge in [-0.1, -0.05) is 0 Å². The molecule has 0 amide bonds. The van der Waals surface area contributed by atoms with Crippen molar-refractivity contribution in [3.05, 3.63) is 53.6 Å². The predicted octanol–water partition coefficient (Wildman–Crippen LogP) is 3.88. The minimum absolute atomic E-state index is 0.346. The van der Waals surface area contributed by atoms with Crippen LogP contribution in [0.25, 0.3) is 0 Å². The van der Waals surface area contributed by atoms with Gasteiger partial charge in [0.1, 0.15) is 23.9 Å². The van der Waals surface area contributed by atoms with Crippen LogP contribution in [0.1, 0.15) is 15.9 Å². The fraction of sp³-hybridized carbons (Fsp3) is 0.0667. The second-order valence-corrected chi connectivity index (χ2v) is 4.64. The van der Waals surface area contributed by atoms with Gasteiger partial charge in [0, 0.05) is 10.5 Å². The molecule has 0 aliphatic heterocycles. The Labute approximate surface area is 115 Å². The molecule has 3 nitrogen and oxygen atoms in total. The van der Waals surface area contributed by atoms with Gasteiger partial charge in [-0.25, -0.2) is 0 Å². The van der Waals surface area contributed by atoms with Gasteiger partial charge >= 0.3 is 0 Å². The van der Waals surface area contributed by atoms with E-state index in [1.54, 1.807) is 23.9 Å². The molecule has 0 fully saturated rings. The van der Waals surface area contributed by atoms with Gasteiger partial charge in [-0.2, -0.15) is 5.26 Å². The van der Waals surface area contributed by atoms with E-state index in [0.29, 0.717) is 28.9 Å². The normalized spacial score (nSPS) is 9.68. The highest BCUT2D eigenvalue weighted by Crippen LogP contribution is 2.27. The molecule has 4 heteroatoms. The summed E-state index contributed by atoms with van der Waals surface area (Å²) < 4.78 is 5.65. The van der Waals surface area contributed by atoms with E-state index < -0.39 is 0 Å². The summed E-state index contributed by atoms with van der Waals surface area (Å²) in [6, 6.07) is 14.4. The molecule has 0 unspecified atom stereocenters. The zero-order chi connectivity index (χ0) is 13.7. The third kappa shape index (κ3) is 3.15. The van der Waals surface area contributed by atoms with Gasteiger partial charge in [0.05, 0.1) is 5.56 Å². The fourth-order valence-electron chi connectivity index (χ4n) is 1.57. The number of nitriles is 1. The number of thioether (sulfide) groups is 1. The highest BCUT2D eigenvalue weighted by atomic mass is 32.2. The molecule has 0 saturated heterocycles. The van der Waals surface area contributed by atoms with Crippen LogP contribution in [0.5, 0.6) is 11.5 Å². The predicted molar refractivity (Wildman–Crippen MR) is 74.8 cm³/mol. The second-order valence-electron chi connectivity index (χ2n) is 3.76. The first-order valence-corrected chi connectivity index (χ1v) is 6.80. The largest absolute Gasteiger partial charge is 0.456 e. The van der Waals surface area contributed by atoms with Crippen LogP contribution in [-0.4, -0.2) is 12.5 Å². The average Bonchev–Trinajstić information content (AvgIpc) is 2.48. The number of carbonyl (C=O) groups is 1. The summed E-state index contributed by atoms with van der Waals surface area (Å²) in [7, 11) is 0. The van der Waals surface area contributed by atoms with Crippen molar-refractivity contribution in [3.63, 3.8) is 0 Å². The molecule has 2 rings (SSSR count). The highest BCUT2D eigenvalue weighted by Gasteiger charge is 2.06. The van der Waals surface area contributed by atoms with Crippen molar-refractivity contribution < 1.29 is 9.53 Å². The molecule has 0 spiro atoms. The Morgan fingerprint density at radius 2 is 1.95 bits per heavy atom. The topological polar surface area (TPSA) is 50.1 Å². The van der Waals surface area contributed by atoms with Crippen LogP contribution in [-0.2, 0) is 0 Å². The van der Waals surface area contributed by atoms with Crippen LogP contribution in [0.3, 0.4) is 0 Å². The van der Waals surface area contributed by atoms with Crippen molar-refractivity contribution in [3.8, 4) is 17.6 Å². The van der Waals surface area contributed by atoms with E-state index in [0.717, 1.165) is 4.90 Å².